The first kappa shape index (κ1) is 22.9. The van der Waals surface area contributed by atoms with Gasteiger partial charge in [-0.25, -0.2) is 0 Å². The number of nitrogens with zero attached hydrogens (tertiary/aromatic N) is 1. The van der Waals surface area contributed by atoms with E-state index in [-0.39, 0.29) is 0 Å². The van der Waals surface area contributed by atoms with Gasteiger partial charge in [0.1, 0.15) is 0 Å². The Morgan fingerprint density at radius 3 is 2.41 bits per heavy atom. The molecule has 1 heterocycles. The number of fused-ring (bicyclic) bond motifs is 1. The summed E-state index contributed by atoms with van der Waals surface area (Å²) in [5.41, 5.74) is 5.36. The Kier molecular flexibility index (Phi) is 7.52. The van der Waals surface area contributed by atoms with Crippen LogP contribution in [0, 0.1) is 29.1 Å². The van der Waals surface area contributed by atoms with E-state index in [0.717, 1.165) is 23.7 Å². The summed E-state index contributed by atoms with van der Waals surface area (Å²) < 4.78 is 0. The lowest BCUT2D eigenvalue weighted by atomic mass is 9.72. The zero-order valence-corrected chi connectivity index (χ0v) is 20.4. The van der Waals surface area contributed by atoms with Crippen molar-refractivity contribution in [2.45, 2.75) is 92.9 Å². The van der Waals surface area contributed by atoms with Crippen LogP contribution in [-0.4, -0.2) is 24.5 Å². The highest BCUT2D eigenvalue weighted by Crippen LogP contribution is 2.46. The number of likely N-dealkylation sites (tertiary alicyclic amines) is 1. The van der Waals surface area contributed by atoms with Crippen LogP contribution in [-0.2, 0) is 12.8 Å². The summed E-state index contributed by atoms with van der Waals surface area (Å²) >= 11 is 0. The number of rotatable bonds is 9. The summed E-state index contributed by atoms with van der Waals surface area (Å²) in [6, 6.07) is 7.04. The Balaban J connectivity index is 1.46. The van der Waals surface area contributed by atoms with Gasteiger partial charge in [0, 0.05) is 6.54 Å². The average Bonchev–Trinajstić information content (AvgIpc) is 3.28. The van der Waals surface area contributed by atoms with Gasteiger partial charge >= 0.3 is 0 Å². The van der Waals surface area contributed by atoms with E-state index in [9.17, 15) is 0 Å². The Morgan fingerprint density at radius 1 is 1.00 bits per heavy atom. The molecule has 0 spiro atoms. The summed E-state index contributed by atoms with van der Waals surface area (Å²) in [5, 5.41) is 0. The number of hydrogen-bond donors (Lipinski definition) is 0. The van der Waals surface area contributed by atoms with Crippen LogP contribution in [0.4, 0.5) is 0 Å². The van der Waals surface area contributed by atoms with Gasteiger partial charge < -0.3 is 4.90 Å². The quantitative estimate of drug-likeness (QED) is 0.421. The molecule has 0 saturated carbocycles. The van der Waals surface area contributed by atoms with E-state index in [4.69, 9.17) is 0 Å². The second-order valence-electron chi connectivity index (χ2n) is 11.6. The van der Waals surface area contributed by atoms with Gasteiger partial charge in [-0.3, -0.25) is 0 Å². The highest BCUT2D eigenvalue weighted by Gasteiger charge is 2.38. The highest BCUT2D eigenvalue weighted by atomic mass is 15.1. The smallest absolute Gasteiger partial charge is 0.00126 e. The van der Waals surface area contributed by atoms with E-state index in [1.807, 2.05) is 0 Å². The van der Waals surface area contributed by atoms with E-state index in [1.165, 1.54) is 58.2 Å². The van der Waals surface area contributed by atoms with Gasteiger partial charge in [-0.15, -0.1) is 0 Å². The minimum atomic E-state index is 0.451. The maximum atomic E-state index is 2.73. The van der Waals surface area contributed by atoms with Crippen molar-refractivity contribution in [1.29, 1.82) is 0 Å². The summed E-state index contributed by atoms with van der Waals surface area (Å²) in [5.74, 6) is 4.09. The largest absolute Gasteiger partial charge is 0.303 e. The fraction of sp³-hybridized carbons (Fsp3) is 0.786. The molecule has 4 unspecified atom stereocenters. The molecule has 164 valence electrons. The predicted octanol–water partition coefficient (Wildman–Crippen LogP) is 7.34. The van der Waals surface area contributed by atoms with E-state index in [2.05, 4.69) is 71.6 Å². The van der Waals surface area contributed by atoms with Gasteiger partial charge in [0.25, 0.3) is 0 Å². The predicted molar refractivity (Wildman–Crippen MR) is 128 cm³/mol. The van der Waals surface area contributed by atoms with Crippen LogP contribution in [0.5, 0.6) is 0 Å². The van der Waals surface area contributed by atoms with Gasteiger partial charge in [0.2, 0.25) is 0 Å². The van der Waals surface area contributed by atoms with Crippen molar-refractivity contribution in [3.8, 4) is 0 Å². The van der Waals surface area contributed by atoms with Crippen LogP contribution in [0.25, 0.3) is 0 Å². The summed E-state index contributed by atoms with van der Waals surface area (Å²) in [6.07, 6.45) is 8.15. The van der Waals surface area contributed by atoms with E-state index in [0.29, 0.717) is 11.3 Å². The SMILES string of the molecule is CC(CCC(C)C1(C)Cc2cccc(C(C)C)c2C1)CCN1CCC(C(C)C)C1. The lowest BCUT2D eigenvalue weighted by Gasteiger charge is -2.32. The molecule has 1 nitrogen and oxygen atoms in total. The standard InChI is InChI=1S/C28H47N/c1-20(2)25-14-16-29(19-25)15-13-22(5)11-12-23(6)28(7)17-24-9-8-10-26(21(3)4)27(24)18-28/h8-10,20-23,25H,11-19H2,1-7H3. The zero-order chi connectivity index (χ0) is 21.2. The number of hydrogen-bond acceptors (Lipinski definition) is 1. The van der Waals surface area contributed by atoms with Crippen molar-refractivity contribution in [1.82, 2.24) is 4.90 Å². The monoisotopic (exact) mass is 397 g/mol. The Morgan fingerprint density at radius 2 is 1.76 bits per heavy atom. The van der Waals surface area contributed by atoms with Crippen molar-refractivity contribution < 1.29 is 0 Å². The van der Waals surface area contributed by atoms with Crippen LogP contribution in [0.1, 0.15) is 96.8 Å². The molecule has 1 aromatic rings. The average molecular weight is 398 g/mol. The fourth-order valence-electron chi connectivity index (χ4n) is 5.87. The molecule has 3 rings (SSSR count). The highest BCUT2D eigenvalue weighted by molar-refractivity contribution is 5.42. The molecule has 1 aliphatic heterocycles. The molecule has 4 atom stereocenters. The molecule has 29 heavy (non-hydrogen) atoms. The third-order valence-electron chi connectivity index (χ3n) is 8.58. The molecule has 2 aliphatic rings. The maximum absolute atomic E-state index is 2.73. The van der Waals surface area contributed by atoms with E-state index < -0.39 is 0 Å². The summed E-state index contributed by atoms with van der Waals surface area (Å²) in [7, 11) is 0. The molecule has 0 radical (unpaired) electrons. The van der Waals surface area contributed by atoms with Crippen molar-refractivity contribution in [2.24, 2.45) is 29.1 Å². The van der Waals surface area contributed by atoms with E-state index in [1.54, 1.807) is 16.7 Å². The van der Waals surface area contributed by atoms with Gasteiger partial charge in [0.15, 0.2) is 0 Å². The third-order valence-corrected chi connectivity index (χ3v) is 8.58. The van der Waals surface area contributed by atoms with Crippen molar-refractivity contribution >= 4 is 0 Å². The molecule has 1 saturated heterocycles. The molecule has 0 amide bonds. The molecule has 0 N–H and O–H groups in total. The first-order chi connectivity index (χ1) is 13.7. The molecule has 0 aromatic heterocycles. The van der Waals surface area contributed by atoms with E-state index >= 15 is 0 Å². The molecule has 1 fully saturated rings. The lowest BCUT2D eigenvalue weighted by Crippen LogP contribution is -2.27. The lowest BCUT2D eigenvalue weighted by molar-refractivity contribution is 0.189. The van der Waals surface area contributed by atoms with Crippen LogP contribution < -0.4 is 0 Å². The second kappa shape index (κ2) is 9.54. The van der Waals surface area contributed by atoms with Gasteiger partial charge in [-0.2, -0.15) is 0 Å². The molecule has 1 aliphatic carbocycles. The second-order valence-corrected chi connectivity index (χ2v) is 11.6. The van der Waals surface area contributed by atoms with Crippen molar-refractivity contribution in [3.63, 3.8) is 0 Å². The van der Waals surface area contributed by atoms with Crippen LogP contribution in [0.2, 0.25) is 0 Å². The summed E-state index contributed by atoms with van der Waals surface area (Å²) in [6.45, 7) is 21.1. The maximum Gasteiger partial charge on any atom is 0.00126 e. The Hall–Kier alpha value is -0.820. The Bertz CT molecular complexity index is 660. The van der Waals surface area contributed by atoms with Crippen LogP contribution in [0.15, 0.2) is 18.2 Å². The van der Waals surface area contributed by atoms with Crippen molar-refractivity contribution in [3.05, 3.63) is 34.9 Å². The molecule has 1 aromatic carbocycles. The molecular weight excluding hydrogens is 350 g/mol. The van der Waals surface area contributed by atoms with Crippen LogP contribution in [0.3, 0.4) is 0 Å². The fourth-order valence-corrected chi connectivity index (χ4v) is 5.87. The van der Waals surface area contributed by atoms with Gasteiger partial charge in [-0.1, -0.05) is 73.1 Å². The van der Waals surface area contributed by atoms with Crippen molar-refractivity contribution in [2.75, 3.05) is 19.6 Å². The first-order valence-corrected chi connectivity index (χ1v) is 12.5. The number of benzene rings is 1. The normalized spacial score (nSPS) is 27.0. The zero-order valence-electron chi connectivity index (χ0n) is 20.4. The minimum Gasteiger partial charge on any atom is -0.303 e. The third kappa shape index (κ3) is 5.46. The minimum absolute atomic E-state index is 0.451. The van der Waals surface area contributed by atoms with Gasteiger partial charge in [-0.05, 0) is 96.9 Å². The van der Waals surface area contributed by atoms with Gasteiger partial charge in [0.05, 0.1) is 0 Å². The molecule has 1 heteroatoms. The summed E-state index contributed by atoms with van der Waals surface area (Å²) in [4.78, 5) is 2.73. The Labute approximate surface area is 181 Å². The van der Waals surface area contributed by atoms with Crippen LogP contribution >= 0.6 is 0 Å². The molecule has 0 bridgehead atoms. The first-order valence-electron chi connectivity index (χ1n) is 12.5. The molecular formula is C28H47N. The topological polar surface area (TPSA) is 3.24 Å².